The van der Waals surface area contributed by atoms with Crippen molar-refractivity contribution < 1.29 is 4.79 Å². The fraction of sp³-hybridized carbons (Fsp3) is 0.188. The van der Waals surface area contributed by atoms with Crippen LogP contribution in [0.4, 0.5) is 11.4 Å². The Labute approximate surface area is 119 Å². The van der Waals surface area contributed by atoms with E-state index in [9.17, 15) is 4.79 Å². The van der Waals surface area contributed by atoms with Crippen molar-refractivity contribution in [2.24, 2.45) is 0 Å². The molecule has 1 amide bonds. The van der Waals surface area contributed by atoms with Crippen molar-refractivity contribution in [2.75, 3.05) is 18.1 Å². The summed E-state index contributed by atoms with van der Waals surface area (Å²) in [6.45, 7) is 2.06. The summed E-state index contributed by atoms with van der Waals surface area (Å²) in [7, 11) is 1.61. The highest BCUT2D eigenvalue weighted by molar-refractivity contribution is 5.96. The Bertz CT molecular complexity index is 596. The Morgan fingerprint density at radius 2 is 1.85 bits per heavy atom. The summed E-state index contributed by atoms with van der Waals surface area (Å²) in [5, 5.41) is 5.95. The van der Waals surface area contributed by atoms with E-state index in [4.69, 9.17) is 5.73 Å². The first-order valence-corrected chi connectivity index (χ1v) is 6.55. The number of nitrogens with two attached hydrogens (primary N) is 1. The minimum absolute atomic E-state index is 0.110. The maximum absolute atomic E-state index is 11.7. The van der Waals surface area contributed by atoms with Gasteiger partial charge in [0.25, 0.3) is 5.91 Å². The van der Waals surface area contributed by atoms with E-state index in [1.165, 1.54) is 0 Å². The standard InChI is InChI=1S/C16H19N3O/c1-11(12-6-4-3-5-7-12)19-15-10-13(16(20)18-2)8-9-14(15)17/h3-11,19H,17H2,1-2H3,(H,18,20). The third-order valence-electron chi connectivity index (χ3n) is 3.21. The Morgan fingerprint density at radius 3 is 2.50 bits per heavy atom. The number of carbonyl (C=O) groups excluding carboxylic acids is 1. The third-order valence-corrected chi connectivity index (χ3v) is 3.21. The van der Waals surface area contributed by atoms with Crippen LogP contribution in [-0.2, 0) is 0 Å². The zero-order chi connectivity index (χ0) is 14.5. The lowest BCUT2D eigenvalue weighted by atomic mass is 10.1. The molecule has 2 rings (SSSR count). The van der Waals surface area contributed by atoms with Gasteiger partial charge in [0.15, 0.2) is 0 Å². The molecule has 1 atom stereocenters. The molecule has 4 heteroatoms. The molecule has 0 aliphatic heterocycles. The van der Waals surface area contributed by atoms with Crippen molar-refractivity contribution in [3.05, 3.63) is 59.7 Å². The van der Waals surface area contributed by atoms with Crippen molar-refractivity contribution in [1.82, 2.24) is 5.32 Å². The maximum Gasteiger partial charge on any atom is 0.251 e. The van der Waals surface area contributed by atoms with Crippen molar-refractivity contribution in [3.63, 3.8) is 0 Å². The van der Waals surface area contributed by atoms with Gasteiger partial charge in [0.05, 0.1) is 11.4 Å². The Morgan fingerprint density at radius 1 is 1.15 bits per heavy atom. The minimum Gasteiger partial charge on any atom is -0.397 e. The van der Waals surface area contributed by atoms with Gasteiger partial charge in [-0.15, -0.1) is 0 Å². The van der Waals surface area contributed by atoms with Gasteiger partial charge in [0.2, 0.25) is 0 Å². The predicted molar refractivity (Wildman–Crippen MR) is 82.7 cm³/mol. The van der Waals surface area contributed by atoms with Crippen LogP contribution in [0.15, 0.2) is 48.5 Å². The largest absolute Gasteiger partial charge is 0.397 e. The van der Waals surface area contributed by atoms with Crippen molar-refractivity contribution in [2.45, 2.75) is 13.0 Å². The SMILES string of the molecule is CNC(=O)c1ccc(N)c(NC(C)c2ccccc2)c1. The summed E-state index contributed by atoms with van der Waals surface area (Å²) in [4.78, 5) is 11.7. The topological polar surface area (TPSA) is 67.2 Å². The Balaban J connectivity index is 2.22. The number of anilines is 2. The number of hydrogen-bond acceptors (Lipinski definition) is 3. The van der Waals surface area contributed by atoms with E-state index in [0.29, 0.717) is 11.3 Å². The summed E-state index contributed by atoms with van der Waals surface area (Å²) in [6.07, 6.45) is 0. The highest BCUT2D eigenvalue weighted by atomic mass is 16.1. The molecule has 0 aromatic heterocycles. The highest BCUT2D eigenvalue weighted by Gasteiger charge is 2.10. The number of nitrogens with one attached hydrogen (secondary N) is 2. The molecule has 0 aliphatic rings. The first-order valence-electron chi connectivity index (χ1n) is 6.55. The molecule has 4 nitrogen and oxygen atoms in total. The van der Waals surface area contributed by atoms with Crippen molar-refractivity contribution in [3.8, 4) is 0 Å². The molecule has 0 spiro atoms. The second-order valence-corrected chi connectivity index (χ2v) is 4.66. The van der Waals surface area contributed by atoms with Crippen LogP contribution in [0, 0.1) is 0 Å². The van der Waals surface area contributed by atoms with E-state index in [0.717, 1.165) is 11.3 Å². The smallest absolute Gasteiger partial charge is 0.251 e. The molecule has 2 aromatic rings. The Kier molecular flexibility index (Phi) is 4.25. The van der Waals surface area contributed by atoms with E-state index in [-0.39, 0.29) is 11.9 Å². The molecule has 0 radical (unpaired) electrons. The van der Waals surface area contributed by atoms with Crippen LogP contribution in [0.2, 0.25) is 0 Å². The van der Waals surface area contributed by atoms with Gasteiger partial charge < -0.3 is 16.4 Å². The molecular formula is C16H19N3O. The molecule has 2 aromatic carbocycles. The molecule has 20 heavy (non-hydrogen) atoms. The van der Waals surface area contributed by atoms with Crippen molar-refractivity contribution in [1.29, 1.82) is 0 Å². The second-order valence-electron chi connectivity index (χ2n) is 4.66. The van der Waals surface area contributed by atoms with Gasteiger partial charge in [0.1, 0.15) is 0 Å². The molecule has 0 heterocycles. The number of benzene rings is 2. The number of amides is 1. The van der Waals surface area contributed by atoms with Gasteiger partial charge in [0, 0.05) is 18.7 Å². The number of hydrogen-bond donors (Lipinski definition) is 3. The normalized spacial score (nSPS) is 11.7. The van der Waals surface area contributed by atoms with E-state index in [1.54, 1.807) is 25.2 Å². The first-order chi connectivity index (χ1) is 9.61. The fourth-order valence-electron chi connectivity index (χ4n) is 2.03. The quantitative estimate of drug-likeness (QED) is 0.748. The highest BCUT2D eigenvalue weighted by Crippen LogP contribution is 2.25. The molecule has 104 valence electrons. The van der Waals surface area contributed by atoms with E-state index >= 15 is 0 Å². The lowest BCUT2D eigenvalue weighted by molar-refractivity contribution is 0.0963. The summed E-state index contributed by atoms with van der Waals surface area (Å²) in [5.74, 6) is -0.125. The van der Waals surface area contributed by atoms with Gasteiger partial charge in [-0.1, -0.05) is 30.3 Å². The maximum atomic E-state index is 11.7. The zero-order valence-corrected chi connectivity index (χ0v) is 11.7. The third kappa shape index (κ3) is 3.09. The van der Waals surface area contributed by atoms with Crippen LogP contribution in [0.25, 0.3) is 0 Å². The lowest BCUT2D eigenvalue weighted by Gasteiger charge is -2.18. The molecule has 0 saturated carbocycles. The van der Waals surface area contributed by atoms with Crippen LogP contribution in [0.3, 0.4) is 0 Å². The van der Waals surface area contributed by atoms with Gasteiger partial charge in [-0.05, 0) is 30.7 Å². The lowest BCUT2D eigenvalue weighted by Crippen LogP contribution is -2.18. The van der Waals surface area contributed by atoms with Gasteiger partial charge in [-0.3, -0.25) is 4.79 Å². The molecule has 4 N–H and O–H groups in total. The second kappa shape index (κ2) is 6.10. The average Bonchev–Trinajstić information content (AvgIpc) is 2.49. The van der Waals surface area contributed by atoms with Crippen LogP contribution < -0.4 is 16.4 Å². The number of carbonyl (C=O) groups is 1. The summed E-state index contributed by atoms with van der Waals surface area (Å²) in [5.41, 5.74) is 9.11. The van der Waals surface area contributed by atoms with Crippen LogP contribution in [-0.4, -0.2) is 13.0 Å². The average molecular weight is 269 g/mol. The van der Waals surface area contributed by atoms with Gasteiger partial charge in [-0.25, -0.2) is 0 Å². The molecule has 1 unspecified atom stereocenters. The van der Waals surface area contributed by atoms with Crippen LogP contribution in [0.1, 0.15) is 28.9 Å². The summed E-state index contributed by atoms with van der Waals surface area (Å²) >= 11 is 0. The molecule has 0 fully saturated rings. The van der Waals surface area contributed by atoms with Crippen LogP contribution in [0.5, 0.6) is 0 Å². The first kappa shape index (κ1) is 13.9. The number of nitrogen functional groups attached to an aromatic ring is 1. The van der Waals surface area contributed by atoms with Crippen LogP contribution >= 0.6 is 0 Å². The molecule has 0 bridgehead atoms. The van der Waals surface area contributed by atoms with Gasteiger partial charge in [-0.2, -0.15) is 0 Å². The zero-order valence-electron chi connectivity index (χ0n) is 11.7. The van der Waals surface area contributed by atoms with E-state index < -0.39 is 0 Å². The molecule has 0 saturated heterocycles. The predicted octanol–water partition coefficient (Wildman–Crippen LogP) is 2.80. The van der Waals surface area contributed by atoms with Gasteiger partial charge >= 0.3 is 0 Å². The summed E-state index contributed by atoms with van der Waals surface area (Å²) in [6, 6.07) is 15.4. The van der Waals surface area contributed by atoms with Crippen molar-refractivity contribution >= 4 is 17.3 Å². The molecular weight excluding hydrogens is 250 g/mol. The van der Waals surface area contributed by atoms with E-state index in [1.807, 2.05) is 18.2 Å². The fourth-order valence-corrected chi connectivity index (χ4v) is 2.03. The number of rotatable bonds is 4. The van der Waals surface area contributed by atoms with E-state index in [2.05, 4.69) is 29.7 Å². The minimum atomic E-state index is -0.125. The Hall–Kier alpha value is -2.49. The monoisotopic (exact) mass is 269 g/mol. The molecule has 0 aliphatic carbocycles. The summed E-state index contributed by atoms with van der Waals surface area (Å²) < 4.78 is 0.